The van der Waals surface area contributed by atoms with Gasteiger partial charge < -0.3 is 19.9 Å². The van der Waals surface area contributed by atoms with Crippen molar-refractivity contribution in [3.63, 3.8) is 0 Å². The highest BCUT2D eigenvalue weighted by molar-refractivity contribution is 5.85. The molecular weight excluding hydrogens is 481 g/mol. The first kappa shape index (κ1) is 29.1. The lowest BCUT2D eigenvalue weighted by Gasteiger charge is -2.18. The summed E-state index contributed by atoms with van der Waals surface area (Å²) in [4.78, 5) is 10.7. The Morgan fingerprint density at radius 3 is 2.50 bits per heavy atom. The predicted molar refractivity (Wildman–Crippen MR) is 145 cm³/mol. The van der Waals surface area contributed by atoms with Gasteiger partial charge >= 0.3 is 5.97 Å². The number of aliphatic carboxylic acids is 1. The Morgan fingerprint density at radius 1 is 1.03 bits per heavy atom. The monoisotopic (exact) mass is 515 g/mol. The van der Waals surface area contributed by atoms with Gasteiger partial charge in [-0.25, -0.2) is 4.39 Å². The van der Waals surface area contributed by atoms with Crippen molar-refractivity contribution in [1.29, 1.82) is 0 Å². The molecular formula is C29H35ClFNO4. The van der Waals surface area contributed by atoms with Crippen LogP contribution in [0.2, 0.25) is 0 Å². The molecule has 0 saturated heterocycles. The standard InChI is InChI=1S/C29H34FNO4.ClH/c1-5-34-13-14-35-27-15-19(2)29(21(4)20(27)3)24-8-6-7-22(16-24)18-31-25-11-9-23(26(30)17-25)10-12-28(32)33;/h6-9,11,15-17,31H,5,10,12-14,18H2,1-4H3,(H,32,33);1H. The molecule has 0 aliphatic heterocycles. The molecule has 0 atom stereocenters. The topological polar surface area (TPSA) is 67.8 Å². The molecule has 0 amide bonds. The third kappa shape index (κ3) is 7.70. The van der Waals surface area contributed by atoms with Crippen LogP contribution in [0.25, 0.3) is 11.1 Å². The van der Waals surface area contributed by atoms with Gasteiger partial charge in [0, 0.05) is 25.3 Å². The second kappa shape index (κ2) is 13.9. The molecule has 0 spiro atoms. The fraction of sp³-hybridized carbons (Fsp3) is 0.345. The summed E-state index contributed by atoms with van der Waals surface area (Å²) in [5.74, 6) is -0.443. The fourth-order valence-corrected chi connectivity index (χ4v) is 4.14. The van der Waals surface area contributed by atoms with E-state index in [1.54, 1.807) is 12.1 Å². The van der Waals surface area contributed by atoms with Gasteiger partial charge in [-0.1, -0.05) is 24.3 Å². The lowest BCUT2D eigenvalue weighted by atomic mass is 9.91. The second-order valence-electron chi connectivity index (χ2n) is 8.62. The van der Waals surface area contributed by atoms with E-state index in [0.29, 0.717) is 37.6 Å². The van der Waals surface area contributed by atoms with Gasteiger partial charge in [0.05, 0.1) is 6.61 Å². The summed E-state index contributed by atoms with van der Waals surface area (Å²) in [6.45, 7) is 10.6. The average molecular weight is 516 g/mol. The van der Waals surface area contributed by atoms with Crippen LogP contribution in [0.5, 0.6) is 5.75 Å². The maximum atomic E-state index is 14.3. The number of carboxylic acids is 1. The van der Waals surface area contributed by atoms with E-state index in [2.05, 4.69) is 44.3 Å². The summed E-state index contributed by atoms with van der Waals surface area (Å²) in [6.07, 6.45) is 0.0904. The van der Waals surface area contributed by atoms with Crippen LogP contribution >= 0.6 is 12.4 Å². The van der Waals surface area contributed by atoms with Crippen molar-refractivity contribution < 1.29 is 23.8 Å². The summed E-state index contributed by atoms with van der Waals surface area (Å²) in [6, 6.07) is 15.3. The second-order valence-corrected chi connectivity index (χ2v) is 8.62. The zero-order valence-electron chi connectivity index (χ0n) is 21.3. The van der Waals surface area contributed by atoms with Crippen molar-refractivity contribution in [3.05, 3.63) is 82.2 Å². The van der Waals surface area contributed by atoms with Gasteiger partial charge in [-0.05, 0) is 97.3 Å². The molecule has 0 aliphatic carbocycles. The highest BCUT2D eigenvalue weighted by atomic mass is 35.5. The minimum atomic E-state index is -0.934. The predicted octanol–water partition coefficient (Wildman–Crippen LogP) is 6.88. The number of benzene rings is 3. The molecule has 0 fully saturated rings. The fourth-order valence-electron chi connectivity index (χ4n) is 4.14. The highest BCUT2D eigenvalue weighted by Gasteiger charge is 2.14. The number of ether oxygens (including phenoxy) is 2. The van der Waals surface area contributed by atoms with E-state index in [1.807, 2.05) is 19.1 Å². The molecule has 0 radical (unpaired) electrons. The maximum Gasteiger partial charge on any atom is 0.303 e. The molecule has 3 aromatic carbocycles. The van der Waals surface area contributed by atoms with Gasteiger partial charge in [0.25, 0.3) is 0 Å². The van der Waals surface area contributed by atoms with Crippen LogP contribution in [0.15, 0.2) is 48.5 Å². The molecule has 0 saturated carbocycles. The number of rotatable bonds is 12. The number of hydrogen-bond acceptors (Lipinski definition) is 4. The Labute approximate surface area is 219 Å². The highest BCUT2D eigenvalue weighted by Crippen LogP contribution is 2.35. The summed E-state index contributed by atoms with van der Waals surface area (Å²) in [7, 11) is 0. The average Bonchev–Trinajstić information content (AvgIpc) is 2.83. The van der Waals surface area contributed by atoms with Gasteiger partial charge in [-0.3, -0.25) is 4.79 Å². The summed E-state index contributed by atoms with van der Waals surface area (Å²) < 4.78 is 25.7. The Kier molecular flexibility index (Phi) is 11.2. The van der Waals surface area contributed by atoms with E-state index < -0.39 is 11.8 Å². The molecule has 5 nitrogen and oxygen atoms in total. The number of nitrogens with one attached hydrogen (secondary N) is 1. The number of anilines is 1. The van der Waals surface area contributed by atoms with Crippen LogP contribution in [-0.4, -0.2) is 30.9 Å². The van der Waals surface area contributed by atoms with Crippen molar-refractivity contribution >= 4 is 24.1 Å². The summed E-state index contributed by atoms with van der Waals surface area (Å²) in [5, 5.41) is 12.1. The Balaban J connectivity index is 0.00000456. The largest absolute Gasteiger partial charge is 0.491 e. The number of carbonyl (C=O) groups is 1. The van der Waals surface area contributed by atoms with Crippen molar-refractivity contribution in [3.8, 4) is 16.9 Å². The molecule has 7 heteroatoms. The lowest BCUT2D eigenvalue weighted by molar-refractivity contribution is -0.136. The Bertz CT molecular complexity index is 1180. The zero-order valence-corrected chi connectivity index (χ0v) is 22.1. The minimum absolute atomic E-state index is 0. The number of aryl methyl sites for hydroxylation is 2. The molecule has 2 N–H and O–H groups in total. The zero-order chi connectivity index (χ0) is 25.4. The van der Waals surface area contributed by atoms with Crippen molar-refractivity contribution in [2.45, 2.75) is 47.1 Å². The van der Waals surface area contributed by atoms with E-state index in [-0.39, 0.29) is 25.2 Å². The van der Waals surface area contributed by atoms with Crippen LogP contribution in [0.3, 0.4) is 0 Å². The first-order valence-electron chi connectivity index (χ1n) is 11.9. The number of carboxylic acid groups (broad SMARTS) is 1. The van der Waals surface area contributed by atoms with E-state index in [4.69, 9.17) is 14.6 Å². The third-order valence-corrected chi connectivity index (χ3v) is 6.11. The van der Waals surface area contributed by atoms with Crippen LogP contribution in [-0.2, 0) is 22.5 Å². The van der Waals surface area contributed by atoms with Crippen LogP contribution in [0, 0.1) is 26.6 Å². The normalized spacial score (nSPS) is 10.6. The molecule has 3 rings (SSSR count). The lowest BCUT2D eigenvalue weighted by Crippen LogP contribution is -2.08. The van der Waals surface area contributed by atoms with E-state index >= 15 is 0 Å². The van der Waals surface area contributed by atoms with E-state index in [1.165, 1.54) is 17.2 Å². The number of halogens is 2. The molecule has 36 heavy (non-hydrogen) atoms. The number of hydrogen-bond donors (Lipinski definition) is 2. The molecule has 3 aromatic rings. The van der Waals surface area contributed by atoms with Crippen molar-refractivity contribution in [1.82, 2.24) is 0 Å². The van der Waals surface area contributed by atoms with Gasteiger partial charge in [0.15, 0.2) is 0 Å². The van der Waals surface area contributed by atoms with Gasteiger partial charge in [0.2, 0.25) is 0 Å². The first-order chi connectivity index (χ1) is 16.8. The van der Waals surface area contributed by atoms with Gasteiger partial charge in [-0.2, -0.15) is 0 Å². The third-order valence-electron chi connectivity index (χ3n) is 6.11. The maximum absolute atomic E-state index is 14.3. The molecule has 194 valence electrons. The van der Waals surface area contributed by atoms with Crippen LogP contribution < -0.4 is 10.1 Å². The molecule has 0 heterocycles. The van der Waals surface area contributed by atoms with Crippen molar-refractivity contribution in [2.24, 2.45) is 0 Å². The van der Waals surface area contributed by atoms with Crippen LogP contribution in [0.4, 0.5) is 10.1 Å². The molecule has 0 unspecified atom stereocenters. The SMILES string of the molecule is CCOCCOc1cc(C)c(-c2cccc(CNc3ccc(CCC(=O)O)c(F)c3)c2)c(C)c1C.Cl. The molecule has 0 aromatic heterocycles. The summed E-state index contributed by atoms with van der Waals surface area (Å²) >= 11 is 0. The Morgan fingerprint density at radius 2 is 1.81 bits per heavy atom. The molecule has 0 aliphatic rings. The van der Waals surface area contributed by atoms with Crippen LogP contribution in [0.1, 0.15) is 41.2 Å². The molecule has 0 bridgehead atoms. The minimum Gasteiger partial charge on any atom is -0.491 e. The van der Waals surface area contributed by atoms with Gasteiger partial charge in [0.1, 0.15) is 18.2 Å². The van der Waals surface area contributed by atoms with Gasteiger partial charge in [-0.15, -0.1) is 12.4 Å². The smallest absolute Gasteiger partial charge is 0.303 e. The van der Waals surface area contributed by atoms with Crippen molar-refractivity contribution in [2.75, 3.05) is 25.1 Å². The first-order valence-corrected chi connectivity index (χ1v) is 11.9. The summed E-state index contributed by atoms with van der Waals surface area (Å²) in [5.41, 5.74) is 7.89. The Hall–Kier alpha value is -3.09. The van der Waals surface area contributed by atoms with E-state index in [9.17, 15) is 9.18 Å². The van der Waals surface area contributed by atoms with E-state index in [0.717, 1.165) is 28.0 Å². The quantitative estimate of drug-likeness (QED) is 0.257.